The molecule has 9 heteroatoms. The molecule has 146 valence electrons. The Morgan fingerprint density at radius 2 is 1.78 bits per heavy atom. The number of aryl methyl sites for hydroxylation is 2. The molecule has 8 nitrogen and oxygen atoms in total. The van der Waals surface area contributed by atoms with Crippen molar-refractivity contribution in [3.8, 4) is 0 Å². The number of anilines is 1. The van der Waals surface area contributed by atoms with Gasteiger partial charge in [-0.1, -0.05) is 0 Å². The van der Waals surface area contributed by atoms with Crippen LogP contribution in [-0.2, 0) is 28.4 Å². The molecular formula is C18H25N5O3S. The topological polar surface area (TPSA) is 87.5 Å². The Hall–Kier alpha value is -2.23. The van der Waals surface area contributed by atoms with E-state index in [0.717, 1.165) is 12.2 Å². The van der Waals surface area contributed by atoms with Crippen LogP contribution in [-0.4, -0.2) is 59.5 Å². The fourth-order valence-electron chi connectivity index (χ4n) is 3.24. The number of piperazine rings is 1. The number of rotatable bonds is 5. The van der Waals surface area contributed by atoms with Crippen LogP contribution in [0.3, 0.4) is 0 Å². The highest BCUT2D eigenvalue weighted by molar-refractivity contribution is 7.89. The Labute approximate surface area is 159 Å². The molecule has 2 aromatic rings. The zero-order valence-corrected chi connectivity index (χ0v) is 16.7. The number of carbonyl (C=O) groups excluding carboxylic acids is 1. The summed E-state index contributed by atoms with van der Waals surface area (Å²) >= 11 is 0. The molecule has 1 N–H and O–H groups in total. The third-order valence-electron chi connectivity index (χ3n) is 4.65. The first kappa shape index (κ1) is 19.5. The Balaban J connectivity index is 1.62. The van der Waals surface area contributed by atoms with Gasteiger partial charge in [0.1, 0.15) is 0 Å². The highest BCUT2D eigenvalue weighted by Gasteiger charge is 2.28. The van der Waals surface area contributed by atoms with Gasteiger partial charge in [0.2, 0.25) is 15.9 Å². The van der Waals surface area contributed by atoms with E-state index in [4.69, 9.17) is 0 Å². The highest BCUT2D eigenvalue weighted by atomic mass is 32.2. The summed E-state index contributed by atoms with van der Waals surface area (Å²) in [6, 6.07) is 6.28. The van der Waals surface area contributed by atoms with Crippen molar-refractivity contribution in [2.75, 3.05) is 31.5 Å². The van der Waals surface area contributed by atoms with Crippen molar-refractivity contribution in [1.82, 2.24) is 19.0 Å². The Kier molecular flexibility index (Phi) is 5.64. The molecule has 1 amide bonds. The predicted molar refractivity (Wildman–Crippen MR) is 103 cm³/mol. The molecular weight excluding hydrogens is 366 g/mol. The quantitative estimate of drug-likeness (QED) is 0.827. The third kappa shape index (κ3) is 4.55. The summed E-state index contributed by atoms with van der Waals surface area (Å²) < 4.78 is 29.0. The number of nitrogens with one attached hydrogen (secondary N) is 1. The maximum atomic E-state index is 12.8. The lowest BCUT2D eigenvalue weighted by Gasteiger charge is -2.33. The fraction of sp³-hybridized carbons (Fsp3) is 0.444. The first-order valence-electron chi connectivity index (χ1n) is 8.85. The molecule has 3 rings (SSSR count). The Morgan fingerprint density at radius 1 is 1.15 bits per heavy atom. The van der Waals surface area contributed by atoms with Crippen molar-refractivity contribution in [3.05, 3.63) is 41.7 Å². The van der Waals surface area contributed by atoms with E-state index in [1.165, 1.54) is 28.9 Å². The standard InChI is InChI=1S/C18H25N5O3S/c1-14-16(12-21(3)20-14)13-22-8-10-23(11-9-22)27(25,26)18-6-4-17(5-7-18)19-15(2)24/h4-7,12H,8-11,13H2,1-3H3,(H,19,24). The van der Waals surface area contributed by atoms with Crippen LogP contribution >= 0.6 is 0 Å². The number of benzene rings is 1. The van der Waals surface area contributed by atoms with E-state index >= 15 is 0 Å². The van der Waals surface area contributed by atoms with Gasteiger partial charge < -0.3 is 5.32 Å². The van der Waals surface area contributed by atoms with Gasteiger partial charge in [0.15, 0.2) is 0 Å². The van der Waals surface area contributed by atoms with Crippen molar-refractivity contribution in [2.45, 2.75) is 25.3 Å². The molecule has 0 unspecified atom stereocenters. The van der Waals surface area contributed by atoms with Gasteiger partial charge in [-0.15, -0.1) is 0 Å². The third-order valence-corrected chi connectivity index (χ3v) is 6.57. The lowest BCUT2D eigenvalue weighted by molar-refractivity contribution is -0.114. The van der Waals surface area contributed by atoms with Gasteiger partial charge in [-0.3, -0.25) is 14.4 Å². The van der Waals surface area contributed by atoms with Gasteiger partial charge in [-0.25, -0.2) is 8.42 Å². The van der Waals surface area contributed by atoms with Crippen LogP contribution in [0.15, 0.2) is 35.4 Å². The summed E-state index contributed by atoms with van der Waals surface area (Å²) in [5, 5.41) is 6.99. The zero-order valence-electron chi connectivity index (χ0n) is 15.8. The van der Waals surface area contributed by atoms with Crippen molar-refractivity contribution < 1.29 is 13.2 Å². The minimum Gasteiger partial charge on any atom is -0.326 e. The normalized spacial score (nSPS) is 16.4. The van der Waals surface area contributed by atoms with E-state index in [1.54, 1.807) is 16.8 Å². The summed E-state index contributed by atoms with van der Waals surface area (Å²) in [5.74, 6) is -0.189. The second-order valence-corrected chi connectivity index (χ2v) is 8.74. The van der Waals surface area contributed by atoms with Crippen LogP contribution in [0.5, 0.6) is 0 Å². The van der Waals surface area contributed by atoms with Crippen LogP contribution in [0.1, 0.15) is 18.2 Å². The number of hydrogen-bond donors (Lipinski definition) is 1. The lowest BCUT2D eigenvalue weighted by atomic mass is 10.2. The fourth-order valence-corrected chi connectivity index (χ4v) is 4.66. The van der Waals surface area contributed by atoms with Crippen molar-refractivity contribution in [3.63, 3.8) is 0 Å². The van der Waals surface area contributed by atoms with E-state index < -0.39 is 10.0 Å². The maximum Gasteiger partial charge on any atom is 0.243 e. The van der Waals surface area contributed by atoms with E-state index in [9.17, 15) is 13.2 Å². The number of carbonyl (C=O) groups is 1. The minimum absolute atomic E-state index is 0.189. The molecule has 1 aliphatic heterocycles. The zero-order chi connectivity index (χ0) is 19.6. The molecule has 1 aromatic heterocycles. The summed E-state index contributed by atoms with van der Waals surface area (Å²) in [6.07, 6.45) is 2.01. The summed E-state index contributed by atoms with van der Waals surface area (Å²) in [4.78, 5) is 13.6. The van der Waals surface area contributed by atoms with Crippen LogP contribution in [0.25, 0.3) is 0 Å². The molecule has 0 spiro atoms. The number of hydrogen-bond acceptors (Lipinski definition) is 5. The largest absolute Gasteiger partial charge is 0.326 e. The van der Waals surface area contributed by atoms with Crippen LogP contribution in [0.4, 0.5) is 5.69 Å². The molecule has 0 bridgehead atoms. The molecule has 1 fully saturated rings. The first-order valence-corrected chi connectivity index (χ1v) is 10.3. The average Bonchev–Trinajstić information content (AvgIpc) is 2.92. The number of aromatic nitrogens is 2. The van der Waals surface area contributed by atoms with Gasteiger partial charge in [0.25, 0.3) is 0 Å². The van der Waals surface area contributed by atoms with Gasteiger partial charge in [0.05, 0.1) is 10.6 Å². The van der Waals surface area contributed by atoms with Crippen LogP contribution < -0.4 is 5.32 Å². The molecule has 0 aliphatic carbocycles. The molecule has 27 heavy (non-hydrogen) atoms. The average molecular weight is 391 g/mol. The Morgan fingerprint density at radius 3 is 2.30 bits per heavy atom. The summed E-state index contributed by atoms with van der Waals surface area (Å²) in [7, 11) is -1.63. The first-order chi connectivity index (χ1) is 12.8. The summed E-state index contributed by atoms with van der Waals surface area (Å²) in [6.45, 7) is 6.44. The molecule has 0 radical (unpaired) electrons. The van der Waals surface area contributed by atoms with E-state index in [2.05, 4.69) is 15.3 Å². The van der Waals surface area contributed by atoms with E-state index in [1.807, 2.05) is 20.2 Å². The van der Waals surface area contributed by atoms with E-state index in [-0.39, 0.29) is 10.8 Å². The molecule has 1 saturated heterocycles. The molecule has 1 aromatic carbocycles. The van der Waals surface area contributed by atoms with Crippen molar-refractivity contribution >= 4 is 21.6 Å². The summed E-state index contributed by atoms with van der Waals surface area (Å²) in [5.41, 5.74) is 2.76. The van der Waals surface area contributed by atoms with E-state index in [0.29, 0.717) is 31.9 Å². The number of nitrogens with zero attached hydrogens (tertiary/aromatic N) is 4. The lowest BCUT2D eigenvalue weighted by Crippen LogP contribution is -2.48. The second kappa shape index (κ2) is 7.79. The predicted octanol–water partition coefficient (Wildman–Crippen LogP) is 1.19. The van der Waals surface area contributed by atoms with Crippen LogP contribution in [0.2, 0.25) is 0 Å². The highest BCUT2D eigenvalue weighted by Crippen LogP contribution is 2.20. The molecule has 2 heterocycles. The monoisotopic (exact) mass is 391 g/mol. The smallest absolute Gasteiger partial charge is 0.243 e. The number of sulfonamides is 1. The Bertz CT molecular complexity index is 913. The molecule has 1 aliphatic rings. The number of amides is 1. The van der Waals surface area contributed by atoms with Gasteiger partial charge in [-0.05, 0) is 31.2 Å². The van der Waals surface area contributed by atoms with Gasteiger partial charge >= 0.3 is 0 Å². The van der Waals surface area contributed by atoms with Crippen molar-refractivity contribution in [1.29, 1.82) is 0 Å². The molecule has 0 saturated carbocycles. The second-order valence-electron chi connectivity index (χ2n) is 6.80. The SMILES string of the molecule is CC(=O)Nc1ccc(S(=O)(=O)N2CCN(Cc3cn(C)nc3C)CC2)cc1. The minimum atomic E-state index is -3.53. The maximum absolute atomic E-state index is 12.8. The van der Waals surface area contributed by atoms with Crippen molar-refractivity contribution in [2.24, 2.45) is 7.05 Å². The van der Waals surface area contributed by atoms with Crippen LogP contribution in [0, 0.1) is 6.92 Å². The molecule has 0 atom stereocenters. The van der Waals surface area contributed by atoms with Gasteiger partial charge in [0, 0.05) is 64.1 Å². The van der Waals surface area contributed by atoms with Gasteiger partial charge in [-0.2, -0.15) is 9.40 Å².